The van der Waals surface area contributed by atoms with Crippen molar-refractivity contribution in [3.8, 4) is 11.6 Å². The van der Waals surface area contributed by atoms with E-state index in [0.29, 0.717) is 6.07 Å². The van der Waals surface area contributed by atoms with Crippen molar-refractivity contribution in [2.75, 3.05) is 0 Å². The number of rotatable bonds is 1. The fourth-order valence-electron chi connectivity index (χ4n) is 1.13. The van der Waals surface area contributed by atoms with Gasteiger partial charge in [0.25, 0.3) is 0 Å². The summed E-state index contributed by atoms with van der Waals surface area (Å²) in [6.07, 6.45) is -3.80. The molecule has 10 heteroatoms. The summed E-state index contributed by atoms with van der Waals surface area (Å²) in [7, 11) is 0. The van der Waals surface area contributed by atoms with Gasteiger partial charge in [-0.15, -0.1) is 0 Å². The number of nitrogens with one attached hydrogen (secondary N) is 2. The molecule has 2 N–H and O–H groups in total. The molecule has 2 aromatic rings. The predicted octanol–water partition coefficient (Wildman–Crippen LogP) is -0.0660. The first-order valence-corrected chi connectivity index (χ1v) is 4.47. The van der Waals surface area contributed by atoms with E-state index in [1.807, 2.05) is 4.98 Å². The lowest BCUT2D eigenvalue weighted by molar-refractivity contribution is -0.141. The van der Waals surface area contributed by atoms with Gasteiger partial charge < -0.3 is 0 Å². The molecule has 0 spiro atoms. The number of nitrogens with zero attached hydrogens (tertiary/aromatic N) is 3. The predicted molar refractivity (Wildman–Crippen MR) is 51.5 cm³/mol. The summed E-state index contributed by atoms with van der Waals surface area (Å²) in [4.78, 5) is 35.6. The van der Waals surface area contributed by atoms with E-state index in [4.69, 9.17) is 0 Å². The lowest BCUT2D eigenvalue weighted by Crippen LogP contribution is -2.26. The van der Waals surface area contributed by atoms with E-state index in [-0.39, 0.29) is 0 Å². The molecule has 0 aromatic carbocycles. The molecule has 0 atom stereocenters. The summed E-state index contributed by atoms with van der Waals surface area (Å²) in [5, 5.41) is 0. The second-order valence-corrected chi connectivity index (χ2v) is 3.11. The number of halogens is 3. The van der Waals surface area contributed by atoms with Crippen LogP contribution >= 0.6 is 0 Å². The summed E-state index contributed by atoms with van der Waals surface area (Å²) in [5.41, 5.74) is -3.11. The zero-order valence-corrected chi connectivity index (χ0v) is 8.45. The van der Waals surface area contributed by atoms with Gasteiger partial charge >= 0.3 is 17.6 Å². The number of aromatic amines is 2. The summed E-state index contributed by atoms with van der Waals surface area (Å²) >= 11 is 0. The summed E-state index contributed by atoms with van der Waals surface area (Å²) < 4.78 is 37.2. The SMILES string of the molecule is O=c1nc(-c2nccc(C(F)(F)F)n2)[nH]c(=O)[nH]1. The lowest BCUT2D eigenvalue weighted by Gasteiger charge is -2.05. The number of alkyl halides is 3. The van der Waals surface area contributed by atoms with Gasteiger partial charge in [0.2, 0.25) is 0 Å². The van der Waals surface area contributed by atoms with Crippen LogP contribution < -0.4 is 11.4 Å². The van der Waals surface area contributed by atoms with Crippen LogP contribution in [0, 0.1) is 0 Å². The van der Waals surface area contributed by atoms with Crippen molar-refractivity contribution >= 4 is 0 Å². The Balaban J connectivity index is 2.58. The Morgan fingerprint density at radius 3 is 2.44 bits per heavy atom. The van der Waals surface area contributed by atoms with Crippen molar-refractivity contribution in [3.63, 3.8) is 0 Å². The van der Waals surface area contributed by atoms with Crippen LogP contribution in [-0.4, -0.2) is 24.9 Å². The molecule has 18 heavy (non-hydrogen) atoms. The van der Waals surface area contributed by atoms with Crippen LogP contribution in [0.15, 0.2) is 21.9 Å². The zero-order valence-electron chi connectivity index (χ0n) is 8.45. The third-order valence-electron chi connectivity index (χ3n) is 1.82. The average molecular weight is 259 g/mol. The fourth-order valence-corrected chi connectivity index (χ4v) is 1.13. The van der Waals surface area contributed by atoms with Gasteiger partial charge in [0, 0.05) is 6.20 Å². The third kappa shape index (κ3) is 2.42. The number of H-pyrrole nitrogens is 2. The molecule has 94 valence electrons. The normalized spacial score (nSPS) is 11.5. The summed E-state index contributed by atoms with van der Waals surface area (Å²) in [5.74, 6) is -0.928. The Morgan fingerprint density at radius 1 is 1.11 bits per heavy atom. The first-order valence-electron chi connectivity index (χ1n) is 4.47. The van der Waals surface area contributed by atoms with Gasteiger partial charge in [-0.3, -0.25) is 9.97 Å². The Bertz CT molecular complexity index is 662. The van der Waals surface area contributed by atoms with Crippen molar-refractivity contribution in [2.45, 2.75) is 6.18 Å². The maximum Gasteiger partial charge on any atom is 0.433 e. The van der Waals surface area contributed by atoms with Crippen molar-refractivity contribution in [3.05, 3.63) is 38.9 Å². The first-order chi connectivity index (χ1) is 8.36. The Kier molecular flexibility index (Phi) is 2.69. The molecule has 0 aliphatic carbocycles. The van der Waals surface area contributed by atoms with E-state index in [2.05, 4.69) is 15.0 Å². The van der Waals surface area contributed by atoms with Gasteiger partial charge in [-0.05, 0) is 6.07 Å². The largest absolute Gasteiger partial charge is 0.433 e. The summed E-state index contributed by atoms with van der Waals surface area (Å²) in [6.45, 7) is 0. The van der Waals surface area contributed by atoms with Crippen molar-refractivity contribution in [1.82, 2.24) is 24.9 Å². The first kappa shape index (κ1) is 12.0. The van der Waals surface area contributed by atoms with Crippen molar-refractivity contribution in [2.24, 2.45) is 0 Å². The zero-order chi connectivity index (χ0) is 13.3. The minimum Gasteiger partial charge on any atom is -0.289 e. The van der Waals surface area contributed by atoms with Crippen LogP contribution in [0.5, 0.6) is 0 Å². The highest BCUT2D eigenvalue weighted by atomic mass is 19.4. The topological polar surface area (TPSA) is 104 Å². The van der Waals surface area contributed by atoms with Crippen molar-refractivity contribution in [1.29, 1.82) is 0 Å². The minimum atomic E-state index is -4.65. The van der Waals surface area contributed by atoms with E-state index >= 15 is 0 Å². The van der Waals surface area contributed by atoms with Crippen LogP contribution in [0.3, 0.4) is 0 Å². The Morgan fingerprint density at radius 2 is 1.83 bits per heavy atom. The summed E-state index contributed by atoms with van der Waals surface area (Å²) in [6, 6.07) is 0.661. The van der Waals surface area contributed by atoms with E-state index < -0.39 is 34.9 Å². The highest BCUT2D eigenvalue weighted by Gasteiger charge is 2.33. The Hall–Kier alpha value is -2.52. The molecule has 0 saturated heterocycles. The maximum absolute atomic E-state index is 12.4. The van der Waals surface area contributed by atoms with Crippen LogP contribution in [0.25, 0.3) is 11.6 Å². The van der Waals surface area contributed by atoms with E-state index in [1.54, 1.807) is 4.98 Å². The molecule has 2 heterocycles. The van der Waals surface area contributed by atoms with Gasteiger partial charge in [0.1, 0.15) is 5.69 Å². The Labute approximate surface area is 95.8 Å². The van der Waals surface area contributed by atoms with Gasteiger partial charge in [-0.2, -0.15) is 18.2 Å². The number of hydrogen-bond donors (Lipinski definition) is 2. The molecule has 0 saturated carbocycles. The van der Waals surface area contributed by atoms with E-state index in [1.165, 1.54) is 0 Å². The second-order valence-electron chi connectivity index (χ2n) is 3.11. The minimum absolute atomic E-state index is 0.435. The standard InChI is InChI=1S/C8H4F3N5O2/c9-8(10,11)3-1-2-12-4(13-3)5-14-6(17)16-7(18)15-5/h1-2H,(H2,14,15,16,17,18). The highest BCUT2D eigenvalue weighted by molar-refractivity contribution is 5.41. The molecular formula is C8H4F3N5O2. The molecule has 2 rings (SSSR count). The second kappa shape index (κ2) is 4.05. The van der Waals surface area contributed by atoms with E-state index in [0.717, 1.165) is 6.20 Å². The number of aromatic nitrogens is 5. The number of hydrogen-bond acceptors (Lipinski definition) is 5. The van der Waals surface area contributed by atoms with Gasteiger partial charge in [-0.1, -0.05) is 0 Å². The van der Waals surface area contributed by atoms with Crippen LogP contribution in [0.4, 0.5) is 13.2 Å². The molecule has 0 aliphatic heterocycles. The molecule has 0 fully saturated rings. The molecule has 0 radical (unpaired) electrons. The molecule has 0 aliphatic rings. The lowest BCUT2D eigenvalue weighted by atomic mass is 10.4. The molecule has 0 unspecified atom stereocenters. The monoisotopic (exact) mass is 259 g/mol. The molecule has 2 aromatic heterocycles. The maximum atomic E-state index is 12.4. The molecule has 0 bridgehead atoms. The molecule has 0 amide bonds. The van der Waals surface area contributed by atoms with Crippen molar-refractivity contribution < 1.29 is 13.2 Å². The van der Waals surface area contributed by atoms with E-state index in [9.17, 15) is 22.8 Å². The highest BCUT2D eigenvalue weighted by Crippen LogP contribution is 2.27. The van der Waals surface area contributed by atoms with Crippen LogP contribution in [-0.2, 0) is 6.18 Å². The van der Waals surface area contributed by atoms with Gasteiger partial charge in [-0.25, -0.2) is 19.6 Å². The smallest absolute Gasteiger partial charge is 0.289 e. The van der Waals surface area contributed by atoms with Gasteiger partial charge in [0.15, 0.2) is 11.6 Å². The van der Waals surface area contributed by atoms with Crippen LogP contribution in [0.1, 0.15) is 5.69 Å². The van der Waals surface area contributed by atoms with Crippen LogP contribution in [0.2, 0.25) is 0 Å². The van der Waals surface area contributed by atoms with Gasteiger partial charge in [0.05, 0.1) is 0 Å². The molecule has 7 nitrogen and oxygen atoms in total. The third-order valence-corrected chi connectivity index (χ3v) is 1.82. The fraction of sp³-hybridized carbons (Fsp3) is 0.125. The quantitative estimate of drug-likeness (QED) is 0.746. The molecular weight excluding hydrogens is 255 g/mol. The average Bonchev–Trinajstić information content (AvgIpc) is 2.27.